The van der Waals surface area contributed by atoms with E-state index in [0.29, 0.717) is 0 Å². The van der Waals surface area contributed by atoms with E-state index in [-0.39, 0.29) is 0 Å². The van der Waals surface area contributed by atoms with E-state index in [1.807, 2.05) is 18.2 Å². The highest BCUT2D eigenvalue weighted by molar-refractivity contribution is 7.99. The van der Waals surface area contributed by atoms with Crippen LogP contribution in [0.3, 0.4) is 0 Å². The quantitative estimate of drug-likeness (QED) is 0.813. The van der Waals surface area contributed by atoms with Crippen LogP contribution in [-0.4, -0.2) is 35.9 Å². The van der Waals surface area contributed by atoms with Crippen molar-refractivity contribution >= 4 is 22.8 Å². The molecule has 4 nitrogen and oxygen atoms in total. The van der Waals surface area contributed by atoms with Gasteiger partial charge in [-0.15, -0.1) is 0 Å². The third-order valence-corrected chi connectivity index (χ3v) is 4.20. The molecule has 0 radical (unpaired) electrons. The number of imidazole rings is 1. The first-order valence-electron chi connectivity index (χ1n) is 6.22. The Hall–Kier alpha value is -1.20. The van der Waals surface area contributed by atoms with Gasteiger partial charge in [-0.1, -0.05) is 11.8 Å². The fourth-order valence-corrected chi connectivity index (χ4v) is 3.03. The molecule has 0 saturated carbocycles. The Morgan fingerprint density at radius 3 is 3.06 bits per heavy atom. The molecule has 0 atom stereocenters. The summed E-state index contributed by atoms with van der Waals surface area (Å²) in [4.78, 5) is 7.90. The van der Waals surface area contributed by atoms with Gasteiger partial charge in [-0.25, -0.2) is 4.98 Å². The Morgan fingerprint density at radius 1 is 1.44 bits per heavy atom. The summed E-state index contributed by atoms with van der Waals surface area (Å²) in [6.07, 6.45) is 1.26. The molecule has 2 N–H and O–H groups in total. The van der Waals surface area contributed by atoms with E-state index >= 15 is 0 Å². The predicted octanol–water partition coefficient (Wildman–Crippen LogP) is 2.27. The number of methoxy groups -OCH3 is 1. The van der Waals surface area contributed by atoms with Crippen LogP contribution in [0.5, 0.6) is 5.75 Å². The lowest BCUT2D eigenvalue weighted by Gasteiger charge is -2.26. The number of nitrogens with one attached hydrogen (secondary N) is 2. The number of ether oxygens (including phenoxy) is 1. The lowest BCUT2D eigenvalue weighted by atomic mass is 10.0. The van der Waals surface area contributed by atoms with Gasteiger partial charge in [-0.05, 0) is 37.6 Å². The van der Waals surface area contributed by atoms with Crippen molar-refractivity contribution in [2.24, 2.45) is 5.92 Å². The Balaban J connectivity index is 1.64. The number of hydrogen-bond donors (Lipinski definition) is 2. The van der Waals surface area contributed by atoms with Crippen LogP contribution in [0.1, 0.15) is 6.42 Å². The van der Waals surface area contributed by atoms with Gasteiger partial charge in [-0.3, -0.25) is 0 Å². The molecule has 0 aliphatic carbocycles. The standard InChI is InChI=1S/C13H17N3OS/c1-17-10-2-3-11-12(6-10)16-13(15-11)18-5-4-9-7-14-8-9/h2-3,6,9,14H,4-5,7-8H2,1H3,(H,15,16). The SMILES string of the molecule is COc1ccc2nc(SCCC3CNC3)[nH]c2c1. The van der Waals surface area contributed by atoms with Crippen molar-refractivity contribution in [3.05, 3.63) is 18.2 Å². The third-order valence-electron chi connectivity index (χ3n) is 3.30. The molecular formula is C13H17N3OS. The predicted molar refractivity (Wildman–Crippen MR) is 74.3 cm³/mol. The molecule has 1 aliphatic rings. The highest BCUT2D eigenvalue weighted by Gasteiger charge is 2.16. The van der Waals surface area contributed by atoms with Gasteiger partial charge in [0.05, 0.1) is 18.1 Å². The molecule has 1 saturated heterocycles. The van der Waals surface area contributed by atoms with E-state index in [9.17, 15) is 0 Å². The Labute approximate surface area is 111 Å². The van der Waals surface area contributed by atoms with E-state index in [2.05, 4.69) is 15.3 Å². The van der Waals surface area contributed by atoms with Crippen molar-refractivity contribution in [1.29, 1.82) is 0 Å². The summed E-state index contributed by atoms with van der Waals surface area (Å²) < 4.78 is 5.20. The number of hydrogen-bond acceptors (Lipinski definition) is 4. The molecule has 0 spiro atoms. The Morgan fingerprint density at radius 2 is 2.33 bits per heavy atom. The van der Waals surface area contributed by atoms with Crippen molar-refractivity contribution in [3.8, 4) is 5.75 Å². The topological polar surface area (TPSA) is 49.9 Å². The van der Waals surface area contributed by atoms with Crippen LogP contribution < -0.4 is 10.1 Å². The van der Waals surface area contributed by atoms with Crippen molar-refractivity contribution in [1.82, 2.24) is 15.3 Å². The lowest BCUT2D eigenvalue weighted by Crippen LogP contribution is -2.42. The number of fused-ring (bicyclic) bond motifs is 1. The average molecular weight is 263 g/mol. The maximum atomic E-state index is 5.20. The second-order valence-corrected chi connectivity index (χ2v) is 5.67. The zero-order chi connectivity index (χ0) is 12.4. The third kappa shape index (κ3) is 2.47. The van der Waals surface area contributed by atoms with Gasteiger partial charge in [0.2, 0.25) is 0 Å². The first-order chi connectivity index (χ1) is 8.85. The lowest BCUT2D eigenvalue weighted by molar-refractivity contribution is 0.341. The van der Waals surface area contributed by atoms with E-state index in [1.165, 1.54) is 19.5 Å². The minimum absolute atomic E-state index is 0.863. The molecule has 5 heteroatoms. The number of aromatic amines is 1. The molecule has 96 valence electrons. The van der Waals surface area contributed by atoms with Crippen LogP contribution >= 0.6 is 11.8 Å². The van der Waals surface area contributed by atoms with E-state index in [4.69, 9.17) is 4.74 Å². The van der Waals surface area contributed by atoms with Gasteiger partial charge in [0.15, 0.2) is 5.16 Å². The number of nitrogens with zero attached hydrogens (tertiary/aromatic N) is 1. The fraction of sp³-hybridized carbons (Fsp3) is 0.462. The van der Waals surface area contributed by atoms with Gasteiger partial charge < -0.3 is 15.0 Å². The highest BCUT2D eigenvalue weighted by atomic mass is 32.2. The Kier molecular flexibility index (Phi) is 3.43. The van der Waals surface area contributed by atoms with Crippen LogP contribution in [0, 0.1) is 5.92 Å². The maximum Gasteiger partial charge on any atom is 0.166 e. The fourth-order valence-electron chi connectivity index (χ4n) is 2.04. The number of aromatic nitrogens is 2. The normalized spacial score (nSPS) is 15.8. The summed E-state index contributed by atoms with van der Waals surface area (Å²) >= 11 is 1.80. The number of benzene rings is 1. The molecule has 0 bridgehead atoms. The summed E-state index contributed by atoms with van der Waals surface area (Å²) in [7, 11) is 1.68. The smallest absolute Gasteiger partial charge is 0.166 e. The molecule has 0 unspecified atom stereocenters. The monoisotopic (exact) mass is 263 g/mol. The van der Waals surface area contributed by atoms with E-state index in [0.717, 1.165) is 33.6 Å². The summed E-state index contributed by atoms with van der Waals surface area (Å²) in [6.45, 7) is 2.36. The molecule has 1 aromatic carbocycles. The molecule has 1 aliphatic heterocycles. The van der Waals surface area contributed by atoms with Gasteiger partial charge in [0, 0.05) is 11.8 Å². The number of thioether (sulfide) groups is 1. The van der Waals surface area contributed by atoms with Crippen molar-refractivity contribution in [2.75, 3.05) is 26.0 Å². The van der Waals surface area contributed by atoms with Crippen LogP contribution in [0.4, 0.5) is 0 Å². The van der Waals surface area contributed by atoms with Crippen LogP contribution in [-0.2, 0) is 0 Å². The van der Waals surface area contributed by atoms with Crippen LogP contribution in [0.25, 0.3) is 11.0 Å². The van der Waals surface area contributed by atoms with Gasteiger partial charge in [0.25, 0.3) is 0 Å². The van der Waals surface area contributed by atoms with Crippen molar-refractivity contribution in [2.45, 2.75) is 11.6 Å². The first kappa shape index (κ1) is 11.9. The Bertz CT molecular complexity index is 536. The molecule has 3 rings (SSSR count). The molecule has 0 amide bonds. The number of rotatable bonds is 5. The van der Waals surface area contributed by atoms with Crippen molar-refractivity contribution in [3.63, 3.8) is 0 Å². The van der Waals surface area contributed by atoms with Gasteiger partial charge in [0.1, 0.15) is 5.75 Å². The second kappa shape index (κ2) is 5.20. The summed E-state index contributed by atoms with van der Waals surface area (Å²) in [5.41, 5.74) is 2.05. The average Bonchev–Trinajstić information content (AvgIpc) is 2.73. The molecule has 2 aromatic rings. The van der Waals surface area contributed by atoms with Crippen LogP contribution in [0.2, 0.25) is 0 Å². The minimum Gasteiger partial charge on any atom is -0.497 e. The first-order valence-corrected chi connectivity index (χ1v) is 7.21. The number of H-pyrrole nitrogens is 1. The zero-order valence-electron chi connectivity index (χ0n) is 10.4. The molecular weight excluding hydrogens is 246 g/mol. The largest absolute Gasteiger partial charge is 0.497 e. The molecule has 1 fully saturated rings. The molecule has 18 heavy (non-hydrogen) atoms. The van der Waals surface area contributed by atoms with Crippen LogP contribution in [0.15, 0.2) is 23.4 Å². The molecule has 1 aromatic heterocycles. The highest BCUT2D eigenvalue weighted by Crippen LogP contribution is 2.24. The zero-order valence-corrected chi connectivity index (χ0v) is 11.2. The van der Waals surface area contributed by atoms with Gasteiger partial charge >= 0.3 is 0 Å². The molecule has 2 heterocycles. The maximum absolute atomic E-state index is 5.20. The van der Waals surface area contributed by atoms with Crippen molar-refractivity contribution < 1.29 is 4.74 Å². The minimum atomic E-state index is 0.863. The second-order valence-electron chi connectivity index (χ2n) is 4.59. The van der Waals surface area contributed by atoms with E-state index < -0.39 is 0 Å². The summed E-state index contributed by atoms with van der Waals surface area (Å²) in [5, 5.41) is 4.30. The summed E-state index contributed by atoms with van der Waals surface area (Å²) in [6, 6.07) is 5.92. The van der Waals surface area contributed by atoms with E-state index in [1.54, 1.807) is 18.9 Å². The summed E-state index contributed by atoms with van der Waals surface area (Å²) in [5.74, 6) is 2.86. The van der Waals surface area contributed by atoms with Gasteiger partial charge in [-0.2, -0.15) is 0 Å².